The molecule has 1 aliphatic carbocycles. The zero-order chi connectivity index (χ0) is 13.0. The Bertz CT molecular complexity index is 375. The molecular weight excluding hydrogens is 226 g/mol. The van der Waals surface area contributed by atoms with Crippen LogP contribution in [0.5, 0.6) is 0 Å². The molecule has 0 amide bonds. The fraction of sp³-hybridized carbons (Fsp3) is 0.714. The summed E-state index contributed by atoms with van der Waals surface area (Å²) >= 11 is 0. The second-order valence-corrected chi connectivity index (χ2v) is 5.51. The third-order valence-corrected chi connectivity index (χ3v) is 3.46. The van der Waals surface area contributed by atoms with Crippen LogP contribution < -0.4 is 4.90 Å². The molecule has 1 N–H and O–H groups in total. The van der Waals surface area contributed by atoms with Gasteiger partial charge in [-0.1, -0.05) is 26.7 Å². The van der Waals surface area contributed by atoms with Gasteiger partial charge >= 0.3 is 0 Å². The van der Waals surface area contributed by atoms with Crippen LogP contribution >= 0.6 is 0 Å². The largest absolute Gasteiger partial charge is 0.390 e. The van der Waals surface area contributed by atoms with Crippen LogP contribution in [0.1, 0.15) is 45.2 Å². The van der Waals surface area contributed by atoms with Crippen molar-refractivity contribution in [3.8, 4) is 0 Å². The van der Waals surface area contributed by atoms with Gasteiger partial charge in [-0.15, -0.1) is 0 Å². The number of hydrogen-bond donors (Lipinski definition) is 1. The summed E-state index contributed by atoms with van der Waals surface area (Å²) in [6, 6.07) is 0.593. The molecule has 1 saturated carbocycles. The van der Waals surface area contributed by atoms with Gasteiger partial charge < -0.3 is 10.0 Å². The highest BCUT2D eigenvalue weighted by molar-refractivity contribution is 5.38. The number of aliphatic hydroxyl groups is 1. The van der Waals surface area contributed by atoms with E-state index in [4.69, 9.17) is 0 Å². The molecule has 2 rings (SSSR count). The fourth-order valence-electron chi connectivity index (χ4n) is 2.65. The van der Waals surface area contributed by atoms with Crippen LogP contribution in [-0.2, 0) is 6.61 Å². The molecule has 0 saturated heterocycles. The van der Waals surface area contributed by atoms with Crippen molar-refractivity contribution in [1.29, 1.82) is 0 Å². The maximum atomic E-state index is 9.17. The van der Waals surface area contributed by atoms with E-state index in [9.17, 15) is 5.11 Å². The van der Waals surface area contributed by atoms with Crippen molar-refractivity contribution in [3.05, 3.63) is 18.1 Å². The van der Waals surface area contributed by atoms with Gasteiger partial charge in [0.05, 0.1) is 24.7 Å². The number of aromatic nitrogens is 2. The Kier molecular flexibility index (Phi) is 4.53. The van der Waals surface area contributed by atoms with E-state index in [2.05, 4.69) is 28.7 Å². The zero-order valence-corrected chi connectivity index (χ0v) is 11.3. The number of rotatable bonds is 5. The average Bonchev–Trinajstić information content (AvgIpc) is 2.89. The summed E-state index contributed by atoms with van der Waals surface area (Å²) in [6.45, 7) is 5.42. The van der Waals surface area contributed by atoms with Gasteiger partial charge in [0, 0.05) is 12.6 Å². The van der Waals surface area contributed by atoms with Crippen LogP contribution in [0, 0.1) is 5.92 Å². The van der Waals surface area contributed by atoms with Crippen molar-refractivity contribution in [2.75, 3.05) is 11.4 Å². The van der Waals surface area contributed by atoms with E-state index in [1.165, 1.54) is 25.7 Å². The fourth-order valence-corrected chi connectivity index (χ4v) is 2.65. The van der Waals surface area contributed by atoms with Crippen LogP contribution in [0.3, 0.4) is 0 Å². The molecule has 0 atom stereocenters. The summed E-state index contributed by atoms with van der Waals surface area (Å²) in [5.41, 5.74) is 0.652. The summed E-state index contributed by atoms with van der Waals surface area (Å²) < 4.78 is 0. The highest BCUT2D eigenvalue weighted by atomic mass is 16.3. The Morgan fingerprint density at radius 2 is 2.06 bits per heavy atom. The lowest BCUT2D eigenvalue weighted by atomic mass is 10.1. The Morgan fingerprint density at radius 1 is 1.33 bits per heavy atom. The quantitative estimate of drug-likeness (QED) is 0.870. The molecule has 1 fully saturated rings. The van der Waals surface area contributed by atoms with Gasteiger partial charge in [0.15, 0.2) is 0 Å². The first kappa shape index (κ1) is 13.3. The van der Waals surface area contributed by atoms with E-state index in [0.29, 0.717) is 17.7 Å². The van der Waals surface area contributed by atoms with Crippen LogP contribution in [0.15, 0.2) is 12.4 Å². The minimum absolute atomic E-state index is 0.0406. The first-order valence-electron chi connectivity index (χ1n) is 6.89. The summed E-state index contributed by atoms with van der Waals surface area (Å²) in [5.74, 6) is 1.52. The molecule has 0 aromatic carbocycles. The minimum Gasteiger partial charge on any atom is -0.390 e. The molecule has 100 valence electrons. The Morgan fingerprint density at radius 3 is 2.67 bits per heavy atom. The Labute approximate surface area is 109 Å². The van der Waals surface area contributed by atoms with E-state index in [0.717, 1.165) is 12.4 Å². The number of aliphatic hydroxyl groups excluding tert-OH is 1. The first-order chi connectivity index (χ1) is 8.70. The maximum Gasteiger partial charge on any atom is 0.147 e. The molecule has 0 aliphatic heterocycles. The monoisotopic (exact) mass is 249 g/mol. The number of nitrogens with zero attached hydrogens (tertiary/aromatic N) is 3. The summed E-state index contributed by atoms with van der Waals surface area (Å²) in [6.07, 6.45) is 8.57. The van der Waals surface area contributed by atoms with Gasteiger partial charge in [0.2, 0.25) is 0 Å². The van der Waals surface area contributed by atoms with Gasteiger partial charge in [-0.25, -0.2) is 4.98 Å². The standard InChI is InChI=1S/C14H23N3O/c1-11(2)9-17(13-5-3-4-6-13)14-8-15-7-12(10-18)16-14/h7-8,11,13,18H,3-6,9-10H2,1-2H3. The molecule has 0 bridgehead atoms. The molecular formula is C14H23N3O. The van der Waals surface area contributed by atoms with Crippen molar-refractivity contribution < 1.29 is 5.11 Å². The predicted octanol–water partition coefficient (Wildman–Crippen LogP) is 2.37. The third kappa shape index (κ3) is 3.19. The van der Waals surface area contributed by atoms with E-state index >= 15 is 0 Å². The maximum absolute atomic E-state index is 9.17. The lowest BCUT2D eigenvalue weighted by Gasteiger charge is -2.31. The molecule has 4 nitrogen and oxygen atoms in total. The van der Waals surface area contributed by atoms with Crippen molar-refractivity contribution in [3.63, 3.8) is 0 Å². The molecule has 1 aromatic heterocycles. The highest BCUT2D eigenvalue weighted by Gasteiger charge is 2.24. The third-order valence-electron chi connectivity index (χ3n) is 3.46. The molecule has 1 aromatic rings. The smallest absolute Gasteiger partial charge is 0.147 e. The number of anilines is 1. The van der Waals surface area contributed by atoms with Crippen molar-refractivity contribution in [2.24, 2.45) is 5.92 Å². The molecule has 0 spiro atoms. The van der Waals surface area contributed by atoms with Crippen LogP contribution in [0.4, 0.5) is 5.82 Å². The molecule has 4 heteroatoms. The first-order valence-corrected chi connectivity index (χ1v) is 6.89. The summed E-state index contributed by atoms with van der Waals surface area (Å²) in [7, 11) is 0. The SMILES string of the molecule is CC(C)CN(c1cncc(CO)n1)C1CCCC1. The predicted molar refractivity (Wildman–Crippen MR) is 72.4 cm³/mol. The van der Waals surface area contributed by atoms with Gasteiger partial charge in [0.25, 0.3) is 0 Å². The van der Waals surface area contributed by atoms with Crippen molar-refractivity contribution in [1.82, 2.24) is 9.97 Å². The molecule has 1 heterocycles. The topological polar surface area (TPSA) is 49.2 Å². The van der Waals surface area contributed by atoms with Crippen LogP contribution in [0.25, 0.3) is 0 Å². The second-order valence-electron chi connectivity index (χ2n) is 5.51. The van der Waals surface area contributed by atoms with Crippen molar-refractivity contribution in [2.45, 2.75) is 52.2 Å². The highest BCUT2D eigenvalue weighted by Crippen LogP contribution is 2.27. The molecule has 18 heavy (non-hydrogen) atoms. The molecule has 0 radical (unpaired) electrons. The molecule has 0 unspecified atom stereocenters. The Balaban J connectivity index is 2.20. The zero-order valence-electron chi connectivity index (χ0n) is 11.3. The van der Waals surface area contributed by atoms with E-state index in [1.54, 1.807) is 6.20 Å². The minimum atomic E-state index is -0.0406. The number of hydrogen-bond acceptors (Lipinski definition) is 4. The average molecular weight is 249 g/mol. The Hall–Kier alpha value is -1.16. The lowest BCUT2D eigenvalue weighted by molar-refractivity contribution is 0.276. The normalized spacial score (nSPS) is 16.4. The molecule has 1 aliphatic rings. The second kappa shape index (κ2) is 6.14. The van der Waals surface area contributed by atoms with E-state index < -0.39 is 0 Å². The van der Waals surface area contributed by atoms with Gasteiger partial charge in [-0.3, -0.25) is 4.98 Å². The summed E-state index contributed by atoms with van der Waals surface area (Å²) in [4.78, 5) is 11.1. The van der Waals surface area contributed by atoms with Crippen LogP contribution in [-0.4, -0.2) is 27.7 Å². The van der Waals surface area contributed by atoms with Gasteiger partial charge in [0.1, 0.15) is 5.82 Å². The van der Waals surface area contributed by atoms with Gasteiger partial charge in [-0.2, -0.15) is 0 Å². The van der Waals surface area contributed by atoms with Crippen molar-refractivity contribution >= 4 is 5.82 Å². The van der Waals surface area contributed by atoms with E-state index in [1.807, 2.05) is 6.20 Å². The van der Waals surface area contributed by atoms with Gasteiger partial charge in [-0.05, 0) is 18.8 Å². The van der Waals surface area contributed by atoms with Crippen LogP contribution in [0.2, 0.25) is 0 Å². The summed E-state index contributed by atoms with van der Waals surface area (Å²) in [5, 5.41) is 9.17. The van der Waals surface area contributed by atoms with E-state index in [-0.39, 0.29) is 6.61 Å². The lowest BCUT2D eigenvalue weighted by Crippen LogP contribution is -2.37.